The van der Waals surface area contributed by atoms with Crippen LogP contribution >= 0.6 is 0 Å². The first kappa shape index (κ1) is 9.75. The molecule has 1 aliphatic heterocycles. The van der Waals surface area contributed by atoms with Crippen LogP contribution in [-0.4, -0.2) is 23.3 Å². The van der Waals surface area contributed by atoms with Gasteiger partial charge >= 0.3 is 0 Å². The van der Waals surface area contributed by atoms with Gasteiger partial charge in [0.2, 0.25) is 0 Å². The van der Waals surface area contributed by atoms with E-state index in [4.69, 9.17) is 4.99 Å². The van der Waals surface area contributed by atoms with Gasteiger partial charge in [-0.15, -0.1) is 0 Å². The number of fused-ring (bicyclic) bond motifs is 1. The van der Waals surface area contributed by atoms with Gasteiger partial charge in [-0.3, -0.25) is 4.99 Å². The van der Waals surface area contributed by atoms with Crippen LogP contribution in [0.4, 0.5) is 0 Å². The maximum absolute atomic E-state index is 4.87. The third-order valence-electron chi connectivity index (χ3n) is 3.14. The minimum Gasteiger partial charge on any atom is -0.356 e. The minimum absolute atomic E-state index is 0.386. The second kappa shape index (κ2) is 3.76. The summed E-state index contributed by atoms with van der Waals surface area (Å²) in [5.74, 6) is 0.612. The summed E-state index contributed by atoms with van der Waals surface area (Å²) in [4.78, 5) is 7.25. The van der Waals surface area contributed by atoms with Gasteiger partial charge in [0.1, 0.15) is 6.17 Å². The van der Waals surface area contributed by atoms with Gasteiger partial charge in [-0.1, -0.05) is 13.8 Å². The van der Waals surface area contributed by atoms with Crippen molar-refractivity contribution in [1.82, 2.24) is 4.90 Å². The zero-order chi connectivity index (χ0) is 10.1. The van der Waals surface area contributed by atoms with Crippen LogP contribution in [0.15, 0.2) is 16.8 Å². The fourth-order valence-corrected chi connectivity index (χ4v) is 2.36. The summed E-state index contributed by atoms with van der Waals surface area (Å²) in [6.07, 6.45) is 6.47. The Labute approximate surface area is 86.7 Å². The van der Waals surface area contributed by atoms with E-state index >= 15 is 0 Å². The topological polar surface area (TPSA) is 15.6 Å². The van der Waals surface area contributed by atoms with Crippen molar-refractivity contribution in [3.63, 3.8) is 0 Å². The monoisotopic (exact) mass is 192 g/mol. The lowest BCUT2D eigenvalue weighted by molar-refractivity contribution is 0.232. The van der Waals surface area contributed by atoms with Crippen LogP contribution in [0.1, 0.15) is 40.0 Å². The van der Waals surface area contributed by atoms with Gasteiger partial charge in [0, 0.05) is 18.5 Å². The summed E-state index contributed by atoms with van der Waals surface area (Å²) >= 11 is 0. The second-order valence-electron chi connectivity index (χ2n) is 4.57. The van der Waals surface area contributed by atoms with Crippen LogP contribution in [0.5, 0.6) is 0 Å². The smallest absolute Gasteiger partial charge is 0.123 e. The Morgan fingerprint density at radius 1 is 1.50 bits per heavy atom. The average molecular weight is 192 g/mol. The van der Waals surface area contributed by atoms with Crippen molar-refractivity contribution >= 4 is 5.71 Å². The quantitative estimate of drug-likeness (QED) is 0.657. The molecule has 0 saturated heterocycles. The summed E-state index contributed by atoms with van der Waals surface area (Å²) in [6, 6.07) is 0. The Bertz CT molecular complexity index is 276. The van der Waals surface area contributed by atoms with E-state index in [0.717, 1.165) is 6.54 Å². The Kier molecular flexibility index (Phi) is 2.62. The highest BCUT2D eigenvalue weighted by Crippen LogP contribution is 2.29. The van der Waals surface area contributed by atoms with E-state index in [1.54, 1.807) is 0 Å². The molecule has 0 spiro atoms. The molecular weight excluding hydrogens is 172 g/mol. The van der Waals surface area contributed by atoms with Gasteiger partial charge in [-0.2, -0.15) is 0 Å². The fourth-order valence-electron chi connectivity index (χ4n) is 2.36. The van der Waals surface area contributed by atoms with Crippen LogP contribution in [0.3, 0.4) is 0 Å². The molecule has 2 aliphatic rings. The molecule has 1 saturated carbocycles. The van der Waals surface area contributed by atoms with Crippen molar-refractivity contribution in [2.24, 2.45) is 10.9 Å². The number of nitrogens with zero attached hydrogens (tertiary/aromatic N) is 2. The maximum Gasteiger partial charge on any atom is 0.123 e. The Morgan fingerprint density at radius 3 is 2.93 bits per heavy atom. The van der Waals surface area contributed by atoms with Crippen molar-refractivity contribution in [1.29, 1.82) is 0 Å². The zero-order valence-corrected chi connectivity index (χ0v) is 9.45. The van der Waals surface area contributed by atoms with Crippen molar-refractivity contribution in [2.45, 2.75) is 46.2 Å². The average Bonchev–Trinajstić information content (AvgIpc) is 2.62. The van der Waals surface area contributed by atoms with E-state index < -0.39 is 0 Å². The van der Waals surface area contributed by atoms with E-state index in [0.29, 0.717) is 12.1 Å². The summed E-state index contributed by atoms with van der Waals surface area (Å²) in [7, 11) is 0. The number of rotatable bonds is 2. The first-order valence-corrected chi connectivity index (χ1v) is 5.76. The molecule has 0 amide bonds. The van der Waals surface area contributed by atoms with Crippen LogP contribution < -0.4 is 0 Å². The molecule has 1 aliphatic carbocycles. The molecule has 14 heavy (non-hydrogen) atoms. The molecular formula is C12H20N2. The molecule has 78 valence electrons. The molecule has 1 heterocycles. The lowest BCUT2D eigenvalue weighted by Crippen LogP contribution is -2.37. The van der Waals surface area contributed by atoms with Gasteiger partial charge in [0.25, 0.3) is 0 Å². The van der Waals surface area contributed by atoms with Gasteiger partial charge in [-0.25, -0.2) is 0 Å². The van der Waals surface area contributed by atoms with Crippen molar-refractivity contribution < 1.29 is 0 Å². The van der Waals surface area contributed by atoms with Gasteiger partial charge in [0.05, 0.1) is 0 Å². The van der Waals surface area contributed by atoms with Crippen LogP contribution in [-0.2, 0) is 0 Å². The van der Waals surface area contributed by atoms with Crippen molar-refractivity contribution in [2.75, 3.05) is 6.54 Å². The summed E-state index contributed by atoms with van der Waals surface area (Å²) in [6.45, 7) is 7.79. The van der Waals surface area contributed by atoms with Gasteiger partial charge < -0.3 is 4.90 Å². The van der Waals surface area contributed by atoms with Crippen molar-refractivity contribution in [3.05, 3.63) is 11.8 Å². The summed E-state index contributed by atoms with van der Waals surface area (Å²) < 4.78 is 0. The maximum atomic E-state index is 4.87. The number of allylic oxidation sites excluding steroid dienone is 1. The minimum atomic E-state index is 0.386. The largest absolute Gasteiger partial charge is 0.356 e. The molecule has 1 atom stereocenters. The predicted molar refractivity (Wildman–Crippen MR) is 60.4 cm³/mol. The van der Waals surface area contributed by atoms with Crippen LogP contribution in [0.25, 0.3) is 0 Å². The van der Waals surface area contributed by atoms with Gasteiger partial charge in [-0.05, 0) is 37.7 Å². The molecule has 1 unspecified atom stereocenters. The highest BCUT2D eigenvalue weighted by molar-refractivity contribution is 6.02. The van der Waals surface area contributed by atoms with E-state index in [1.165, 1.54) is 30.5 Å². The molecule has 0 N–H and O–H groups in total. The fraction of sp³-hybridized carbons (Fsp3) is 0.750. The molecule has 2 nitrogen and oxygen atoms in total. The molecule has 0 bridgehead atoms. The number of aliphatic imine (C=N–C) groups is 1. The highest BCUT2D eigenvalue weighted by atomic mass is 15.2. The number of hydrogen-bond donors (Lipinski definition) is 0. The van der Waals surface area contributed by atoms with E-state index in [-0.39, 0.29) is 0 Å². The Morgan fingerprint density at radius 2 is 2.29 bits per heavy atom. The normalized spacial score (nSPS) is 26.3. The van der Waals surface area contributed by atoms with E-state index in [9.17, 15) is 0 Å². The molecule has 0 aromatic rings. The summed E-state index contributed by atoms with van der Waals surface area (Å²) in [5.41, 5.74) is 2.87. The van der Waals surface area contributed by atoms with Crippen molar-refractivity contribution in [3.8, 4) is 0 Å². The summed E-state index contributed by atoms with van der Waals surface area (Å²) in [5, 5.41) is 0. The molecule has 0 aromatic heterocycles. The van der Waals surface area contributed by atoms with Gasteiger partial charge in [0.15, 0.2) is 0 Å². The molecule has 1 fully saturated rings. The van der Waals surface area contributed by atoms with Crippen LogP contribution in [0.2, 0.25) is 0 Å². The van der Waals surface area contributed by atoms with E-state index in [2.05, 4.69) is 31.9 Å². The lowest BCUT2D eigenvalue weighted by Gasteiger charge is -2.33. The van der Waals surface area contributed by atoms with E-state index in [1.807, 2.05) is 0 Å². The molecule has 0 aromatic carbocycles. The molecule has 0 radical (unpaired) electrons. The SMILES string of the molecule is CCN1C=C2CCCC2=NC1C(C)C. The molecule has 2 heteroatoms. The Balaban J connectivity index is 2.24. The Hall–Kier alpha value is -0.790. The van der Waals surface area contributed by atoms with Crippen LogP contribution in [0, 0.1) is 5.92 Å². The highest BCUT2D eigenvalue weighted by Gasteiger charge is 2.26. The first-order valence-electron chi connectivity index (χ1n) is 5.76. The third-order valence-corrected chi connectivity index (χ3v) is 3.14. The predicted octanol–water partition coefficient (Wildman–Crippen LogP) is 2.81. The second-order valence-corrected chi connectivity index (χ2v) is 4.57. The molecule has 2 rings (SSSR count). The zero-order valence-electron chi connectivity index (χ0n) is 9.45. The first-order chi connectivity index (χ1) is 6.72. The lowest BCUT2D eigenvalue weighted by atomic mass is 10.1. The third kappa shape index (κ3) is 1.58. The standard InChI is InChI=1S/C12H20N2/c1-4-14-8-10-6-5-7-11(10)13-12(14)9(2)3/h8-9,12H,4-7H2,1-3H3. The number of hydrogen-bond acceptors (Lipinski definition) is 2.